The third-order valence-corrected chi connectivity index (χ3v) is 0.667. The Balaban J connectivity index is -0.0000000277. The highest BCUT2D eigenvalue weighted by Gasteiger charge is 1.57. The van der Waals surface area contributed by atoms with Crippen molar-refractivity contribution in [3.05, 3.63) is 36.4 Å². The number of hydrogen-bond donors (Lipinski definition) is 0. The quantitative estimate of drug-likeness (QED) is 0.491. The molecule has 0 saturated heterocycles. The van der Waals surface area contributed by atoms with Crippen LogP contribution in [0.15, 0.2) is 36.4 Å². The molecule has 0 aromatic heterocycles. The molecule has 0 aliphatic rings. The molecule has 0 bridgehead atoms. The maximum absolute atomic E-state index is 2.00. The summed E-state index contributed by atoms with van der Waals surface area (Å²) in [5.41, 5.74) is 0. The van der Waals surface area contributed by atoms with Crippen LogP contribution >= 0.6 is 0 Å². The highest BCUT2D eigenvalue weighted by Crippen LogP contribution is 1.79. The molecule has 0 nitrogen and oxygen atoms in total. The Hall–Kier alpha value is -0.780. The second kappa shape index (κ2) is 43.0. The summed E-state index contributed by atoms with van der Waals surface area (Å²) in [6.07, 6.45) is 0. The lowest BCUT2D eigenvalue weighted by atomic mass is 10.4. The monoisotopic (exact) mass is 186 g/mol. The molecule has 0 aliphatic heterocycles. The molecule has 0 heterocycles. The maximum atomic E-state index is 2.00. The van der Waals surface area contributed by atoms with Gasteiger partial charge >= 0.3 is 0 Å². The first-order valence-electron chi connectivity index (χ1n) is 4.00. The Morgan fingerprint density at radius 3 is 0.538 bits per heavy atom. The zero-order chi connectivity index (χ0) is 8.24. The van der Waals surface area contributed by atoms with Gasteiger partial charge in [0.25, 0.3) is 0 Å². The molecule has 0 heteroatoms. The molecule has 0 atom stereocenters. The largest absolute Gasteiger partial charge is 0.0776 e. The van der Waals surface area contributed by atoms with Crippen LogP contribution in [0, 0.1) is 0 Å². The molecule has 0 N–H and O–H groups in total. The van der Waals surface area contributed by atoms with Gasteiger partial charge in [-0.15, -0.1) is 0 Å². The molecule has 13 heavy (non-hydrogen) atoms. The SMILES string of the molecule is C.C.C.CC.CC.c1ccccc1. The van der Waals surface area contributed by atoms with E-state index >= 15 is 0 Å². The minimum absolute atomic E-state index is 0. The molecular weight excluding hydrogens is 156 g/mol. The van der Waals surface area contributed by atoms with E-state index in [0.29, 0.717) is 0 Å². The zero-order valence-corrected chi connectivity index (χ0v) is 7.46. The third kappa shape index (κ3) is 35.0. The van der Waals surface area contributed by atoms with Crippen LogP contribution in [-0.2, 0) is 0 Å². The predicted octanol–water partition coefficient (Wildman–Crippen LogP) is 5.65. The minimum atomic E-state index is 0. The van der Waals surface area contributed by atoms with Crippen LogP contribution in [0.5, 0.6) is 0 Å². The highest BCUT2D eigenvalue weighted by molar-refractivity contribution is 4.99. The summed E-state index contributed by atoms with van der Waals surface area (Å²) in [4.78, 5) is 0. The van der Waals surface area contributed by atoms with Crippen molar-refractivity contribution in [3.8, 4) is 0 Å². The van der Waals surface area contributed by atoms with E-state index in [1.54, 1.807) is 0 Å². The van der Waals surface area contributed by atoms with Crippen molar-refractivity contribution < 1.29 is 0 Å². The van der Waals surface area contributed by atoms with Crippen LogP contribution in [0.25, 0.3) is 0 Å². The molecule has 0 amide bonds. The molecular formula is C13H30. The highest BCUT2D eigenvalue weighted by atomic mass is 13.6. The molecule has 0 radical (unpaired) electrons. The van der Waals surface area contributed by atoms with E-state index in [9.17, 15) is 0 Å². The van der Waals surface area contributed by atoms with Crippen molar-refractivity contribution in [3.63, 3.8) is 0 Å². The first kappa shape index (κ1) is 29.5. The van der Waals surface area contributed by atoms with E-state index in [0.717, 1.165) is 0 Å². The lowest BCUT2D eigenvalue weighted by Gasteiger charge is -1.69. The Kier molecular flexibility index (Phi) is 97.6. The smallest absolute Gasteiger partial charge is 0.0623 e. The van der Waals surface area contributed by atoms with Crippen LogP contribution in [0.2, 0.25) is 0 Å². The Bertz CT molecular complexity index is 72.0. The average Bonchev–Trinajstić information content (AvgIpc) is 2.14. The van der Waals surface area contributed by atoms with E-state index in [4.69, 9.17) is 0 Å². The molecule has 82 valence electrons. The molecule has 0 fully saturated rings. The Labute approximate surface area is 87.0 Å². The summed E-state index contributed by atoms with van der Waals surface area (Å²) in [5, 5.41) is 0. The average molecular weight is 186 g/mol. The number of benzene rings is 1. The van der Waals surface area contributed by atoms with Gasteiger partial charge in [0.05, 0.1) is 0 Å². The number of hydrogen-bond acceptors (Lipinski definition) is 0. The third-order valence-electron chi connectivity index (χ3n) is 0.667. The van der Waals surface area contributed by atoms with E-state index in [1.807, 2.05) is 64.1 Å². The lowest BCUT2D eigenvalue weighted by Crippen LogP contribution is -1.47. The zero-order valence-electron chi connectivity index (χ0n) is 7.46. The fourth-order valence-corrected chi connectivity index (χ4v) is 0.385. The van der Waals surface area contributed by atoms with E-state index < -0.39 is 0 Å². The van der Waals surface area contributed by atoms with Gasteiger partial charge in [-0.2, -0.15) is 0 Å². The van der Waals surface area contributed by atoms with Gasteiger partial charge in [0.15, 0.2) is 0 Å². The van der Waals surface area contributed by atoms with Crippen molar-refractivity contribution in [1.82, 2.24) is 0 Å². The van der Waals surface area contributed by atoms with Crippen LogP contribution in [0.4, 0.5) is 0 Å². The topological polar surface area (TPSA) is 0 Å². The molecule has 1 rings (SSSR count). The van der Waals surface area contributed by atoms with Crippen molar-refractivity contribution >= 4 is 0 Å². The summed E-state index contributed by atoms with van der Waals surface area (Å²) >= 11 is 0. The van der Waals surface area contributed by atoms with Gasteiger partial charge in [-0.1, -0.05) is 86.4 Å². The van der Waals surface area contributed by atoms with E-state index in [2.05, 4.69) is 0 Å². The van der Waals surface area contributed by atoms with Crippen molar-refractivity contribution in [2.75, 3.05) is 0 Å². The summed E-state index contributed by atoms with van der Waals surface area (Å²) < 4.78 is 0. The molecule has 0 unspecified atom stereocenters. The first-order chi connectivity index (χ1) is 5.00. The fourth-order valence-electron chi connectivity index (χ4n) is 0.385. The number of rotatable bonds is 0. The normalized spacial score (nSPS) is 4.62. The van der Waals surface area contributed by atoms with Crippen LogP contribution < -0.4 is 0 Å². The van der Waals surface area contributed by atoms with Gasteiger partial charge in [-0.3, -0.25) is 0 Å². The summed E-state index contributed by atoms with van der Waals surface area (Å²) in [5.74, 6) is 0. The van der Waals surface area contributed by atoms with Crippen LogP contribution in [0.1, 0.15) is 50.0 Å². The summed E-state index contributed by atoms with van der Waals surface area (Å²) in [6, 6.07) is 12.0. The van der Waals surface area contributed by atoms with Crippen molar-refractivity contribution in [2.24, 2.45) is 0 Å². The van der Waals surface area contributed by atoms with Crippen molar-refractivity contribution in [1.29, 1.82) is 0 Å². The summed E-state index contributed by atoms with van der Waals surface area (Å²) in [7, 11) is 0. The van der Waals surface area contributed by atoms with Gasteiger partial charge in [0.1, 0.15) is 0 Å². The van der Waals surface area contributed by atoms with Gasteiger partial charge in [-0.25, -0.2) is 0 Å². The molecule has 0 saturated carbocycles. The summed E-state index contributed by atoms with van der Waals surface area (Å²) in [6.45, 7) is 8.00. The molecule has 0 aliphatic carbocycles. The van der Waals surface area contributed by atoms with Gasteiger partial charge in [-0.05, 0) is 0 Å². The van der Waals surface area contributed by atoms with Crippen molar-refractivity contribution in [2.45, 2.75) is 50.0 Å². The van der Waals surface area contributed by atoms with E-state index in [1.165, 1.54) is 0 Å². The second-order valence-corrected chi connectivity index (χ2v) is 1.15. The van der Waals surface area contributed by atoms with Crippen LogP contribution in [-0.4, -0.2) is 0 Å². The van der Waals surface area contributed by atoms with E-state index in [-0.39, 0.29) is 22.3 Å². The minimum Gasteiger partial charge on any atom is -0.0776 e. The predicted molar refractivity (Wildman–Crippen MR) is 69.3 cm³/mol. The standard InChI is InChI=1S/C6H6.2C2H6.3CH4/c1-2-4-6-5-3-1;2*1-2;;;/h1-6H;2*1-2H3;3*1H4. The van der Waals surface area contributed by atoms with Gasteiger partial charge in [0.2, 0.25) is 0 Å². The van der Waals surface area contributed by atoms with Gasteiger partial charge in [0, 0.05) is 0 Å². The van der Waals surface area contributed by atoms with Gasteiger partial charge < -0.3 is 0 Å². The lowest BCUT2D eigenvalue weighted by molar-refractivity contribution is 1.50. The maximum Gasteiger partial charge on any atom is -0.0623 e. The van der Waals surface area contributed by atoms with Crippen LogP contribution in [0.3, 0.4) is 0 Å². The fraction of sp³-hybridized carbons (Fsp3) is 0.538. The second-order valence-electron chi connectivity index (χ2n) is 1.15. The Morgan fingerprint density at radius 1 is 0.385 bits per heavy atom. The molecule has 1 aromatic carbocycles. The Morgan fingerprint density at radius 2 is 0.462 bits per heavy atom. The molecule has 1 aromatic rings. The molecule has 0 spiro atoms. The first-order valence-corrected chi connectivity index (χ1v) is 4.00.